The highest BCUT2D eigenvalue weighted by atomic mass is 16.4. The number of aromatic hydroxyl groups is 1. The van der Waals surface area contributed by atoms with Gasteiger partial charge in [0.2, 0.25) is 100 Å². The Morgan fingerprint density at radius 2 is 0.541 bits per heavy atom. The highest BCUT2D eigenvalue weighted by Crippen LogP contribution is 2.16. The maximum Gasteiger partial charge on any atom is 0.326 e. The Morgan fingerprint density at radius 3 is 0.878 bits per heavy atom. The lowest BCUT2D eigenvalue weighted by Gasteiger charge is -2.29. The monoisotopic (exact) mass is 2100 g/mol. The largest absolute Gasteiger partial charge is 0.508 e. The number of carbonyl (C=O) groups is 18. The van der Waals surface area contributed by atoms with Gasteiger partial charge in [-0.1, -0.05) is 56.3 Å². The number of carboxylic acids is 1. The van der Waals surface area contributed by atoms with Crippen LogP contribution in [0.1, 0.15) is 122 Å². The number of guanidine groups is 6. The smallest absolute Gasteiger partial charge is 0.326 e. The van der Waals surface area contributed by atoms with E-state index in [0.717, 1.165) is 13.8 Å². The third-order valence-corrected chi connectivity index (χ3v) is 21.4. The minimum Gasteiger partial charge on any atom is -0.508 e. The number of aliphatic hydroxyl groups is 6. The van der Waals surface area contributed by atoms with Crippen molar-refractivity contribution in [3.63, 3.8) is 0 Å². The van der Waals surface area contributed by atoms with Gasteiger partial charge in [0.25, 0.3) is 0 Å². The number of aliphatic hydroxyl groups excluding tert-OH is 6. The Morgan fingerprint density at radius 1 is 0.284 bits per heavy atom. The fourth-order valence-electron chi connectivity index (χ4n) is 13.6. The van der Waals surface area contributed by atoms with Crippen molar-refractivity contribution in [3.05, 3.63) is 65.7 Å². The number of amides is 17. The third-order valence-electron chi connectivity index (χ3n) is 21.4. The molecule has 0 aliphatic rings. The molecule has 0 saturated carbocycles. The quantitative estimate of drug-likeness (QED) is 0.0166. The summed E-state index contributed by atoms with van der Waals surface area (Å²) in [6, 6.07) is -13.7. The van der Waals surface area contributed by atoms with Gasteiger partial charge < -0.3 is 203 Å². The summed E-state index contributed by atoms with van der Waals surface area (Å²) in [5, 5.41) is 184. The van der Waals surface area contributed by atoms with E-state index in [1.807, 2.05) is 0 Å². The predicted molar refractivity (Wildman–Crippen MR) is 530 cm³/mol. The lowest BCUT2D eigenvalue weighted by Crippen LogP contribution is -2.63. The molecule has 62 heteroatoms. The number of nitrogens with one attached hydrogen (secondary N) is 29. The van der Waals surface area contributed by atoms with Crippen LogP contribution in [0.25, 0.3) is 0 Å². The first-order chi connectivity index (χ1) is 69.8. The van der Waals surface area contributed by atoms with Crippen LogP contribution < -0.4 is 162 Å². The molecule has 62 nitrogen and oxygen atoms in total. The second-order valence-corrected chi connectivity index (χ2v) is 34.3. The number of aliphatic carboxylic acids is 1. The van der Waals surface area contributed by atoms with Crippen LogP contribution in [0, 0.1) is 38.4 Å². The number of rotatable bonds is 71. The van der Waals surface area contributed by atoms with E-state index in [4.69, 9.17) is 72.6 Å². The topological polar surface area (TPSA) is 1070 Å². The van der Waals surface area contributed by atoms with E-state index >= 15 is 4.79 Å². The number of benzene rings is 2. The molecule has 0 saturated heterocycles. The van der Waals surface area contributed by atoms with E-state index in [1.54, 1.807) is 32.0 Å². The SMILES string of the molecule is CC(C)C[C@H](NC(=O)[C@H](CCCNC(=N)N)NC(=O)CNC(=O)CNC(=O)[C@@H](N)CCCNC(=N)N)C(=O)N[C@@H](CO)C(=O)N[C@@H](Cc1ccc(O)cc1)C(=O)N[C@@H](CO)C(=O)N[C@@H](CCCNC(=N)N)C(=O)N[C@@H](CCCNC(=N)N)C(=O)N[C@@H](CCCNC(=N)N)C(=O)N[C@@H](Cc1ccccc1)C(=O)N[C@@H](CO)C(=O)N[C@H](C(=O)N[C@@H](CO)C(=O)N[C@H](C(=O)NCC(=O)N[C@@H](CCCNC(=N)N)C(=O)O)[C@@H](C)O)[C@@H](C)O. The van der Waals surface area contributed by atoms with Gasteiger partial charge in [0.1, 0.15) is 90.3 Å². The normalized spacial score (nSPS) is 14.3. The van der Waals surface area contributed by atoms with Crippen LogP contribution in [0.5, 0.6) is 5.75 Å². The Balaban J connectivity index is 2.60. The van der Waals surface area contributed by atoms with E-state index < -0.39 is 304 Å². The van der Waals surface area contributed by atoms with Gasteiger partial charge in [0.15, 0.2) is 35.8 Å². The van der Waals surface area contributed by atoms with E-state index in [0.29, 0.717) is 12.0 Å². The zero-order valence-corrected chi connectivity index (χ0v) is 82.4. The highest BCUT2D eigenvalue weighted by molar-refractivity contribution is 6.02. The molecule has 148 heavy (non-hydrogen) atoms. The van der Waals surface area contributed by atoms with E-state index in [-0.39, 0.29) is 133 Å². The molecule has 0 spiro atoms. The Kier molecular flexibility index (Phi) is 59.8. The number of phenols is 1. The first-order valence-electron chi connectivity index (χ1n) is 47.0. The molecule has 0 radical (unpaired) electrons. The average molecular weight is 2100 g/mol. The average Bonchev–Trinajstić information content (AvgIpc) is 0.847. The van der Waals surface area contributed by atoms with Crippen molar-refractivity contribution in [1.29, 1.82) is 32.5 Å². The van der Waals surface area contributed by atoms with Crippen LogP contribution in [0.2, 0.25) is 0 Å². The number of phenolic OH excluding ortho intramolecular Hbond substituents is 1. The summed E-state index contributed by atoms with van der Waals surface area (Å²) in [4.78, 5) is 250. The lowest BCUT2D eigenvalue weighted by molar-refractivity contribution is -0.142. The number of hydrogen-bond acceptors (Lipinski definition) is 32. The molecule has 0 bridgehead atoms. The molecule has 0 fully saturated rings. The second kappa shape index (κ2) is 69.1. The predicted octanol–water partition coefficient (Wildman–Crippen LogP) is -16.9. The zero-order valence-electron chi connectivity index (χ0n) is 82.4. The molecule has 0 unspecified atom stereocenters. The fourth-order valence-corrected chi connectivity index (χ4v) is 13.6. The second-order valence-electron chi connectivity index (χ2n) is 34.3. The molecular weight excluding hydrogens is 1950 g/mol. The number of carboxylic acid groups (broad SMARTS) is 1. The Labute approximate surface area is 850 Å². The molecule has 0 aromatic heterocycles. The van der Waals surface area contributed by atoms with Crippen LogP contribution in [0.4, 0.5) is 0 Å². The summed E-state index contributed by atoms with van der Waals surface area (Å²) in [5.41, 5.74) is 39.1. The van der Waals surface area contributed by atoms with E-state index in [2.05, 4.69) is 122 Å². The van der Waals surface area contributed by atoms with Gasteiger partial charge in [-0.3, -0.25) is 114 Å². The van der Waals surface area contributed by atoms with Crippen molar-refractivity contribution >= 4 is 142 Å². The van der Waals surface area contributed by atoms with E-state index in [9.17, 15) is 122 Å². The van der Waals surface area contributed by atoms with Crippen LogP contribution in [0.15, 0.2) is 54.6 Å². The Bertz CT molecular complexity index is 4780. The molecule has 2 aromatic rings. The van der Waals surface area contributed by atoms with Gasteiger partial charge >= 0.3 is 5.97 Å². The van der Waals surface area contributed by atoms with Gasteiger partial charge in [0, 0.05) is 52.1 Å². The third kappa shape index (κ3) is 52.5. The summed E-state index contributed by atoms with van der Waals surface area (Å²) < 4.78 is 0. The number of hydrogen-bond donors (Lipinski definition) is 44. The van der Waals surface area contributed by atoms with Crippen LogP contribution >= 0.6 is 0 Å². The molecule has 826 valence electrons. The summed E-state index contributed by atoms with van der Waals surface area (Å²) in [7, 11) is 0. The van der Waals surface area contributed by atoms with Gasteiger partial charge in [-0.05, 0) is 126 Å². The van der Waals surface area contributed by atoms with Crippen molar-refractivity contribution in [2.45, 2.75) is 227 Å². The number of nitrogens with two attached hydrogens (primary N) is 7. The van der Waals surface area contributed by atoms with Gasteiger partial charge in [-0.25, -0.2) is 4.79 Å². The minimum atomic E-state index is -2.10. The molecule has 0 aliphatic carbocycles. The van der Waals surface area contributed by atoms with Gasteiger partial charge in [-0.15, -0.1) is 0 Å². The lowest BCUT2D eigenvalue weighted by atomic mass is 10.0. The molecular formula is C86H146N36O26. The van der Waals surface area contributed by atoms with Gasteiger partial charge in [-0.2, -0.15) is 0 Å². The summed E-state index contributed by atoms with van der Waals surface area (Å²) in [5.74, 6) is -24.3. The molecule has 17 atom stereocenters. The highest BCUT2D eigenvalue weighted by Gasteiger charge is 2.40. The molecule has 2 rings (SSSR count). The van der Waals surface area contributed by atoms with Crippen molar-refractivity contribution in [3.8, 4) is 5.75 Å². The molecule has 0 aliphatic heterocycles. The maximum absolute atomic E-state index is 15.0. The summed E-state index contributed by atoms with van der Waals surface area (Å²) in [6.07, 6.45) is -5.81. The van der Waals surface area contributed by atoms with Crippen LogP contribution in [0.3, 0.4) is 0 Å². The van der Waals surface area contributed by atoms with Crippen LogP contribution in [-0.2, 0) is 99.1 Å². The zero-order chi connectivity index (χ0) is 111. The van der Waals surface area contributed by atoms with Crippen molar-refractivity contribution in [1.82, 2.24) is 122 Å². The standard InChI is InChI=1S/C86H146N36O26/c1-42(2)32-54(114-67(134)49(17-9-27-101-82(90)91)109-62(131)36-106-61(130)35-107-66(133)48(87)16-8-26-100-81(88)89)71(138)117-58(39-124)75(142)116-56(34-46-22-24-47(129)25-23-46)73(140)118-57(38-123)74(141)113-51(19-11-29-103-84(94)95)69(136)111-50(18-10-28-102-83(92)93)68(135)112-52(20-12-30-104-85(96)97)70(137)115-55(33-45-14-6-5-7-15-45)72(139)119-59(40-125)76(143)122-65(44(4)128)79(146)120-60(41-126)77(144)121-64(43(3)127)78(145)108-37-63(132)110-53(80(147)148)21-13-31-105-86(98)99/h5-7,14-15,22-25,42-44,48-60,64-65,123-129H,8-13,16-21,26-41,87H2,1-4H3,(H,106,130)(H,107,133)(H,108,145)(H,109,131)(H,110,132)(H,111,136)(H,112,135)(H,113,141)(H,114,134)(H,115,137)(H,116,142)(H,117,138)(H,118,140)(H,119,139)(H,120,146)(H,121,144)(H,122,143)(H,147,148)(H4,88,89,100)(H4,90,91,101)(H4,92,93,102)(H4,94,95,103)(H4,96,97,104)(H4,98,99,105)/t43-,44-,48+,49+,50+,51+,52+,53+,54+,55+,56+,57+,58+,59+,60+,64+,65+/m1/s1. The van der Waals surface area contributed by atoms with Crippen molar-refractivity contribution in [2.75, 3.05) is 85.3 Å². The van der Waals surface area contributed by atoms with Crippen LogP contribution in [-0.4, -0.2) is 371 Å². The fraction of sp³-hybridized carbons (Fsp3) is 0.581. The van der Waals surface area contributed by atoms with Crippen molar-refractivity contribution in [2.24, 2.45) is 46.1 Å². The molecule has 17 amide bonds. The minimum absolute atomic E-state index is 0.0123. The van der Waals surface area contributed by atoms with E-state index in [1.165, 1.54) is 36.4 Å². The van der Waals surface area contributed by atoms with Gasteiger partial charge in [0.05, 0.1) is 64.3 Å². The Hall–Kier alpha value is -16.0. The first kappa shape index (κ1) is 128. The molecule has 0 heterocycles. The number of carbonyl (C=O) groups excluding carboxylic acids is 17. The van der Waals surface area contributed by atoms with Crippen molar-refractivity contribution < 1.29 is 127 Å². The maximum atomic E-state index is 15.0. The summed E-state index contributed by atoms with van der Waals surface area (Å²) in [6.45, 7) is -1.95. The molecule has 51 N–H and O–H groups in total. The summed E-state index contributed by atoms with van der Waals surface area (Å²) >= 11 is 0. The molecule has 2 aromatic carbocycles. The first-order valence-corrected chi connectivity index (χ1v) is 47.0.